The third-order valence-corrected chi connectivity index (χ3v) is 7.40. The molecule has 2 atom stereocenters. The van der Waals surface area contributed by atoms with Crippen molar-refractivity contribution in [1.82, 2.24) is 20.2 Å². The molecule has 3 aromatic heterocycles. The molecule has 1 aliphatic carbocycles. The maximum atomic E-state index is 5.94. The number of hydrogen-bond donors (Lipinski definition) is 0. The molecule has 0 unspecified atom stereocenters. The third-order valence-electron chi connectivity index (χ3n) is 5.15. The van der Waals surface area contributed by atoms with Crippen LogP contribution in [0.1, 0.15) is 41.8 Å². The number of aromatic nitrogens is 4. The molecule has 0 amide bonds. The fourth-order valence-electron chi connectivity index (χ4n) is 3.65. The normalized spacial score (nSPS) is 17.6. The van der Waals surface area contributed by atoms with Gasteiger partial charge in [0.1, 0.15) is 16.2 Å². The first kappa shape index (κ1) is 17.8. The Kier molecular flexibility index (Phi) is 4.64. The Labute approximate surface area is 171 Å². The number of thioether (sulfide) groups is 1. The molecule has 0 aliphatic heterocycles. The Morgan fingerprint density at radius 3 is 2.89 bits per heavy atom. The van der Waals surface area contributed by atoms with Crippen molar-refractivity contribution in [2.75, 3.05) is 0 Å². The summed E-state index contributed by atoms with van der Waals surface area (Å²) >= 11 is 3.50. The molecule has 1 aliphatic rings. The smallest absolute Gasteiger partial charge is 0.247 e. The zero-order valence-electron chi connectivity index (χ0n) is 15.8. The Bertz CT molecular complexity index is 1120. The molecule has 0 bridgehead atoms. The lowest BCUT2D eigenvalue weighted by atomic mass is 9.89. The van der Waals surface area contributed by atoms with Gasteiger partial charge in [-0.05, 0) is 49.8 Å². The standard InChI is InChI=1S/C21H20N4OS2/c1-12-8-9-15-16(10-12)28-21-17(15)20(22-11-23-21)27-13(2)18-24-25-19(26-18)14-6-4-3-5-7-14/h3-7,11-13H,8-10H2,1-2H3/t12-,13-/m1/s1. The quantitative estimate of drug-likeness (QED) is 0.318. The zero-order valence-corrected chi connectivity index (χ0v) is 17.4. The lowest BCUT2D eigenvalue weighted by Crippen LogP contribution is -2.08. The Morgan fingerprint density at radius 1 is 1.18 bits per heavy atom. The summed E-state index contributed by atoms with van der Waals surface area (Å²) in [6.45, 7) is 4.42. The summed E-state index contributed by atoms with van der Waals surface area (Å²) in [5.74, 6) is 1.92. The van der Waals surface area contributed by atoms with Crippen LogP contribution in [0.5, 0.6) is 0 Å². The van der Waals surface area contributed by atoms with Crippen LogP contribution in [0.4, 0.5) is 0 Å². The number of thiophene rings is 1. The zero-order chi connectivity index (χ0) is 19.1. The molecule has 5 rings (SSSR count). The van der Waals surface area contributed by atoms with Gasteiger partial charge in [0.05, 0.1) is 5.25 Å². The van der Waals surface area contributed by atoms with E-state index in [0.29, 0.717) is 11.8 Å². The van der Waals surface area contributed by atoms with Gasteiger partial charge in [-0.1, -0.05) is 36.9 Å². The Hall–Kier alpha value is -2.25. The number of aryl methyl sites for hydroxylation is 1. The van der Waals surface area contributed by atoms with Gasteiger partial charge < -0.3 is 4.42 Å². The molecule has 3 heterocycles. The van der Waals surface area contributed by atoms with Crippen LogP contribution in [0.2, 0.25) is 0 Å². The van der Waals surface area contributed by atoms with Gasteiger partial charge in [-0.3, -0.25) is 0 Å². The van der Waals surface area contributed by atoms with Crippen LogP contribution >= 0.6 is 23.1 Å². The summed E-state index contributed by atoms with van der Waals surface area (Å²) in [6.07, 6.45) is 5.17. The van der Waals surface area contributed by atoms with Gasteiger partial charge in [0.2, 0.25) is 11.8 Å². The second-order valence-electron chi connectivity index (χ2n) is 7.28. The van der Waals surface area contributed by atoms with E-state index >= 15 is 0 Å². The Balaban J connectivity index is 1.45. The van der Waals surface area contributed by atoms with E-state index in [9.17, 15) is 0 Å². The number of rotatable bonds is 4. The minimum absolute atomic E-state index is 0.0149. The minimum Gasteiger partial charge on any atom is -0.419 e. The average Bonchev–Trinajstić information content (AvgIpc) is 3.33. The van der Waals surface area contributed by atoms with E-state index in [1.807, 2.05) is 41.7 Å². The van der Waals surface area contributed by atoms with E-state index < -0.39 is 0 Å². The summed E-state index contributed by atoms with van der Waals surface area (Å²) < 4.78 is 5.94. The van der Waals surface area contributed by atoms with E-state index in [4.69, 9.17) is 4.42 Å². The molecule has 142 valence electrons. The van der Waals surface area contributed by atoms with Crippen LogP contribution in [-0.4, -0.2) is 20.2 Å². The third kappa shape index (κ3) is 3.22. The van der Waals surface area contributed by atoms with Crippen molar-refractivity contribution in [1.29, 1.82) is 0 Å². The highest BCUT2D eigenvalue weighted by molar-refractivity contribution is 7.99. The SMILES string of the molecule is C[C@@H]1CCc2c(sc3ncnc(S[C@H](C)c4nnc(-c5ccccc5)o4)c23)C1. The van der Waals surface area contributed by atoms with Crippen LogP contribution in [0, 0.1) is 5.92 Å². The van der Waals surface area contributed by atoms with Gasteiger partial charge in [0, 0.05) is 15.8 Å². The number of nitrogens with zero attached hydrogens (tertiary/aromatic N) is 4. The minimum atomic E-state index is 0.0149. The predicted molar refractivity (Wildman–Crippen MR) is 113 cm³/mol. The molecular formula is C21H20N4OS2. The molecule has 4 aromatic rings. The maximum absolute atomic E-state index is 5.94. The van der Waals surface area contributed by atoms with Gasteiger partial charge in [-0.2, -0.15) is 0 Å². The van der Waals surface area contributed by atoms with Gasteiger partial charge in [-0.25, -0.2) is 9.97 Å². The summed E-state index contributed by atoms with van der Waals surface area (Å²) in [6, 6.07) is 9.86. The number of fused-ring (bicyclic) bond motifs is 3. The van der Waals surface area contributed by atoms with Crippen LogP contribution in [0.3, 0.4) is 0 Å². The molecule has 0 spiro atoms. The van der Waals surface area contributed by atoms with E-state index in [1.54, 1.807) is 18.1 Å². The average molecular weight is 409 g/mol. The van der Waals surface area contributed by atoms with Crippen LogP contribution in [0.25, 0.3) is 21.7 Å². The highest BCUT2D eigenvalue weighted by Crippen LogP contribution is 2.43. The highest BCUT2D eigenvalue weighted by atomic mass is 32.2. The van der Waals surface area contributed by atoms with Crippen LogP contribution in [0.15, 0.2) is 46.1 Å². The molecule has 0 saturated carbocycles. The molecular weight excluding hydrogens is 388 g/mol. The summed E-state index contributed by atoms with van der Waals surface area (Å²) in [5.41, 5.74) is 2.38. The van der Waals surface area contributed by atoms with E-state index in [2.05, 4.69) is 34.0 Å². The number of benzene rings is 1. The summed E-state index contributed by atoms with van der Waals surface area (Å²) in [7, 11) is 0. The van der Waals surface area contributed by atoms with Gasteiger partial charge in [0.15, 0.2) is 0 Å². The van der Waals surface area contributed by atoms with Crippen molar-refractivity contribution < 1.29 is 4.42 Å². The molecule has 0 saturated heterocycles. The largest absolute Gasteiger partial charge is 0.419 e. The van der Waals surface area contributed by atoms with Crippen molar-refractivity contribution in [2.45, 2.75) is 43.4 Å². The summed E-state index contributed by atoms with van der Waals surface area (Å²) in [5, 5.41) is 10.8. The lowest BCUT2D eigenvalue weighted by molar-refractivity contribution is 0.508. The topological polar surface area (TPSA) is 64.7 Å². The molecule has 7 heteroatoms. The Morgan fingerprint density at radius 2 is 2.04 bits per heavy atom. The molecule has 1 aromatic carbocycles. The van der Waals surface area contributed by atoms with Gasteiger partial charge >= 0.3 is 0 Å². The monoisotopic (exact) mass is 408 g/mol. The van der Waals surface area contributed by atoms with Crippen molar-refractivity contribution in [3.8, 4) is 11.5 Å². The van der Waals surface area contributed by atoms with Gasteiger partial charge in [-0.15, -0.1) is 21.5 Å². The lowest BCUT2D eigenvalue weighted by Gasteiger charge is -2.18. The second-order valence-corrected chi connectivity index (χ2v) is 9.70. The first-order valence-electron chi connectivity index (χ1n) is 9.49. The molecule has 28 heavy (non-hydrogen) atoms. The maximum Gasteiger partial charge on any atom is 0.247 e. The van der Waals surface area contributed by atoms with E-state index in [-0.39, 0.29) is 5.25 Å². The van der Waals surface area contributed by atoms with Crippen molar-refractivity contribution >= 4 is 33.3 Å². The highest BCUT2D eigenvalue weighted by Gasteiger charge is 2.25. The predicted octanol–water partition coefficient (Wildman–Crippen LogP) is 5.72. The first-order valence-corrected chi connectivity index (χ1v) is 11.2. The molecule has 0 N–H and O–H groups in total. The van der Waals surface area contributed by atoms with E-state index in [0.717, 1.165) is 34.2 Å². The van der Waals surface area contributed by atoms with Crippen LogP contribution in [-0.2, 0) is 12.8 Å². The van der Waals surface area contributed by atoms with Crippen LogP contribution < -0.4 is 0 Å². The molecule has 0 fully saturated rings. The fraction of sp³-hybridized carbons (Fsp3) is 0.333. The molecule has 5 nitrogen and oxygen atoms in total. The van der Waals surface area contributed by atoms with Crippen molar-refractivity contribution in [2.24, 2.45) is 5.92 Å². The fourth-order valence-corrected chi connectivity index (χ4v) is 6.04. The molecule has 0 radical (unpaired) electrons. The van der Waals surface area contributed by atoms with Gasteiger partial charge in [0.25, 0.3) is 0 Å². The summed E-state index contributed by atoms with van der Waals surface area (Å²) in [4.78, 5) is 11.7. The second kappa shape index (κ2) is 7.29. The first-order chi connectivity index (χ1) is 13.7. The van der Waals surface area contributed by atoms with Crippen molar-refractivity contribution in [3.63, 3.8) is 0 Å². The number of hydrogen-bond acceptors (Lipinski definition) is 7. The van der Waals surface area contributed by atoms with Crippen molar-refractivity contribution in [3.05, 3.63) is 53.0 Å². The van der Waals surface area contributed by atoms with E-state index in [1.165, 1.54) is 22.2 Å².